The summed E-state index contributed by atoms with van der Waals surface area (Å²) >= 11 is 0. The van der Waals surface area contributed by atoms with Crippen molar-refractivity contribution in [2.45, 2.75) is 18.2 Å². The summed E-state index contributed by atoms with van der Waals surface area (Å²) < 4.78 is 26.3. The van der Waals surface area contributed by atoms with Crippen LogP contribution in [0.4, 0.5) is 0 Å². The third-order valence-electron chi connectivity index (χ3n) is 3.09. The monoisotopic (exact) mass is 276 g/mol. The fraction of sp³-hybridized carbons (Fsp3) is 0.231. The minimum Gasteiger partial charge on any atom is -0.287 e. The Morgan fingerprint density at radius 3 is 2.84 bits per heavy atom. The zero-order valence-corrected chi connectivity index (χ0v) is 11.1. The van der Waals surface area contributed by atoms with Gasteiger partial charge in [0.15, 0.2) is 0 Å². The quantitative estimate of drug-likeness (QED) is 0.886. The van der Waals surface area contributed by atoms with E-state index in [1.807, 2.05) is 6.92 Å². The predicted molar refractivity (Wildman–Crippen MR) is 71.7 cm³/mol. The molecule has 0 radical (unpaired) electrons. The molecule has 1 aromatic rings. The van der Waals surface area contributed by atoms with E-state index in [1.54, 1.807) is 12.1 Å². The van der Waals surface area contributed by atoms with Crippen LogP contribution in [0.1, 0.15) is 29.3 Å². The standard InChI is InChI=1S/C13H12N2O3S/c1-2-6-14-10-7-9-12-8(13(10)16)4-3-5-11(12)19(17,18)15-9/h3-5,7,15H,2,6H2,1H3. The largest absolute Gasteiger partial charge is 0.287 e. The number of carbonyl (C=O) groups is 1. The van der Waals surface area contributed by atoms with E-state index in [1.165, 1.54) is 12.1 Å². The molecule has 0 bridgehead atoms. The summed E-state index contributed by atoms with van der Waals surface area (Å²) in [7, 11) is -3.54. The van der Waals surface area contributed by atoms with Crippen LogP contribution >= 0.6 is 0 Å². The number of rotatable bonds is 2. The Morgan fingerprint density at radius 2 is 2.11 bits per heavy atom. The fourth-order valence-corrected chi connectivity index (χ4v) is 3.57. The van der Waals surface area contributed by atoms with Gasteiger partial charge in [-0.3, -0.25) is 14.5 Å². The summed E-state index contributed by atoms with van der Waals surface area (Å²) in [5.41, 5.74) is 1.63. The van der Waals surface area contributed by atoms with Crippen LogP contribution in [0.15, 0.2) is 34.2 Å². The summed E-state index contributed by atoms with van der Waals surface area (Å²) in [6.07, 6.45) is 2.35. The van der Waals surface area contributed by atoms with Crippen molar-refractivity contribution < 1.29 is 13.2 Å². The van der Waals surface area contributed by atoms with Gasteiger partial charge in [0.25, 0.3) is 10.0 Å². The normalized spacial score (nSPS) is 21.0. The third-order valence-corrected chi connectivity index (χ3v) is 4.50. The second-order valence-electron chi connectivity index (χ2n) is 4.44. The lowest BCUT2D eigenvalue weighted by Gasteiger charge is -2.12. The van der Waals surface area contributed by atoms with Gasteiger partial charge in [-0.1, -0.05) is 19.1 Å². The molecule has 3 rings (SSSR count). The molecule has 1 heterocycles. The summed E-state index contributed by atoms with van der Waals surface area (Å²) in [4.78, 5) is 16.6. The predicted octanol–water partition coefficient (Wildman–Crippen LogP) is 1.37. The molecule has 0 amide bonds. The van der Waals surface area contributed by atoms with Crippen molar-refractivity contribution >= 4 is 27.2 Å². The molecule has 1 N–H and O–H groups in total. The highest BCUT2D eigenvalue weighted by Gasteiger charge is 2.37. The molecule has 0 atom stereocenters. The molecule has 2 aliphatic rings. The second kappa shape index (κ2) is 4.03. The lowest BCUT2D eigenvalue weighted by atomic mass is 9.92. The van der Waals surface area contributed by atoms with Gasteiger partial charge in [0, 0.05) is 17.7 Å². The van der Waals surface area contributed by atoms with Crippen molar-refractivity contribution in [3.8, 4) is 0 Å². The van der Waals surface area contributed by atoms with Gasteiger partial charge in [0.1, 0.15) is 5.71 Å². The average molecular weight is 276 g/mol. The zero-order valence-electron chi connectivity index (χ0n) is 10.3. The average Bonchev–Trinajstić information content (AvgIpc) is 2.65. The van der Waals surface area contributed by atoms with Gasteiger partial charge in [-0.2, -0.15) is 0 Å². The summed E-state index contributed by atoms with van der Waals surface area (Å²) in [5.74, 6) is -0.215. The van der Waals surface area contributed by atoms with Crippen molar-refractivity contribution in [3.63, 3.8) is 0 Å². The van der Waals surface area contributed by atoms with Crippen molar-refractivity contribution in [1.82, 2.24) is 4.72 Å². The van der Waals surface area contributed by atoms with Crippen LogP contribution in [0.2, 0.25) is 0 Å². The molecule has 1 aromatic carbocycles. The first-order valence-electron chi connectivity index (χ1n) is 6.01. The maximum atomic E-state index is 12.3. The van der Waals surface area contributed by atoms with Crippen molar-refractivity contribution in [1.29, 1.82) is 0 Å². The van der Waals surface area contributed by atoms with E-state index in [-0.39, 0.29) is 10.7 Å². The molecule has 0 unspecified atom stereocenters. The van der Waals surface area contributed by atoms with Crippen LogP contribution in [0.5, 0.6) is 0 Å². The van der Waals surface area contributed by atoms with Crippen molar-refractivity contribution in [2.24, 2.45) is 4.99 Å². The number of carbonyl (C=O) groups excluding carboxylic acids is 1. The van der Waals surface area contributed by atoms with Crippen LogP contribution in [-0.2, 0) is 10.0 Å². The number of benzene rings is 1. The number of allylic oxidation sites excluding steroid dienone is 1. The minimum absolute atomic E-state index is 0.166. The summed E-state index contributed by atoms with van der Waals surface area (Å²) in [5, 5.41) is 0. The number of nitrogens with zero attached hydrogens (tertiary/aromatic N) is 1. The van der Waals surface area contributed by atoms with E-state index in [0.717, 1.165) is 6.42 Å². The van der Waals surface area contributed by atoms with Crippen LogP contribution in [0, 0.1) is 0 Å². The molecule has 0 saturated carbocycles. The van der Waals surface area contributed by atoms with Gasteiger partial charge < -0.3 is 0 Å². The highest BCUT2D eigenvalue weighted by molar-refractivity contribution is 7.90. The maximum Gasteiger partial charge on any atom is 0.262 e. The highest BCUT2D eigenvalue weighted by Crippen LogP contribution is 2.35. The number of hydrogen-bond acceptors (Lipinski definition) is 4. The topological polar surface area (TPSA) is 75.6 Å². The van der Waals surface area contributed by atoms with Crippen molar-refractivity contribution in [3.05, 3.63) is 35.4 Å². The second-order valence-corrected chi connectivity index (χ2v) is 6.09. The summed E-state index contributed by atoms with van der Waals surface area (Å²) in [6.45, 7) is 2.52. The molecule has 0 fully saturated rings. The number of ketones is 1. The molecule has 0 spiro atoms. The van der Waals surface area contributed by atoms with Crippen LogP contribution in [0.3, 0.4) is 0 Å². The first-order valence-corrected chi connectivity index (χ1v) is 7.50. The van der Waals surface area contributed by atoms with Gasteiger partial charge in [-0.25, -0.2) is 8.42 Å². The first kappa shape index (κ1) is 12.1. The van der Waals surface area contributed by atoms with E-state index < -0.39 is 10.0 Å². The van der Waals surface area contributed by atoms with Crippen LogP contribution in [0.25, 0.3) is 5.70 Å². The van der Waals surface area contributed by atoms with Crippen LogP contribution < -0.4 is 4.72 Å². The highest BCUT2D eigenvalue weighted by atomic mass is 32.2. The van der Waals surface area contributed by atoms with Gasteiger partial charge in [0.05, 0.1) is 10.6 Å². The van der Waals surface area contributed by atoms with Gasteiger partial charge in [0.2, 0.25) is 5.78 Å². The van der Waals surface area contributed by atoms with E-state index in [4.69, 9.17) is 0 Å². The van der Waals surface area contributed by atoms with E-state index in [9.17, 15) is 13.2 Å². The van der Waals surface area contributed by atoms with Gasteiger partial charge in [-0.05, 0) is 18.6 Å². The molecule has 0 aromatic heterocycles. The molecule has 5 nitrogen and oxygen atoms in total. The van der Waals surface area contributed by atoms with E-state index in [2.05, 4.69) is 9.71 Å². The number of nitrogens with one attached hydrogen (secondary N) is 1. The Balaban J connectivity index is 2.25. The van der Waals surface area contributed by atoms with E-state index in [0.29, 0.717) is 29.1 Å². The molecular formula is C13H12N2O3S. The summed E-state index contributed by atoms with van der Waals surface area (Å²) in [6, 6.07) is 4.72. The lowest BCUT2D eigenvalue weighted by Crippen LogP contribution is -2.21. The molecular weight excluding hydrogens is 264 g/mol. The molecule has 19 heavy (non-hydrogen) atoms. The van der Waals surface area contributed by atoms with Gasteiger partial charge >= 0.3 is 0 Å². The number of sulfonamides is 1. The maximum absolute atomic E-state index is 12.3. The van der Waals surface area contributed by atoms with Gasteiger partial charge in [-0.15, -0.1) is 0 Å². The van der Waals surface area contributed by atoms with Crippen LogP contribution in [-0.4, -0.2) is 26.5 Å². The van der Waals surface area contributed by atoms with Crippen molar-refractivity contribution in [2.75, 3.05) is 6.54 Å². The fourth-order valence-electron chi connectivity index (χ4n) is 2.26. The minimum atomic E-state index is -3.54. The Bertz CT molecular complexity index is 745. The molecule has 1 aliphatic heterocycles. The van der Waals surface area contributed by atoms with E-state index >= 15 is 0 Å². The zero-order chi connectivity index (χ0) is 13.6. The number of hydrogen-bond donors (Lipinski definition) is 1. The smallest absolute Gasteiger partial charge is 0.262 e. The Labute approximate surface area is 111 Å². The lowest BCUT2D eigenvalue weighted by molar-refractivity contribution is 0.106. The Hall–Kier alpha value is -1.95. The molecule has 0 saturated heterocycles. The third kappa shape index (κ3) is 1.71. The number of Topliss-reactive ketones (excluding diaryl/α,β-unsaturated/α-hetero) is 1. The molecule has 1 aliphatic carbocycles. The Kier molecular flexibility index (Phi) is 2.56. The first-order chi connectivity index (χ1) is 9.04. The SMILES string of the molecule is CCCN=C1C=C2NS(=O)(=O)c3cccc(c32)C1=O. The Morgan fingerprint density at radius 1 is 1.32 bits per heavy atom. The molecule has 6 heteroatoms. The number of aliphatic imine (C=N–C) groups is 1. The molecule has 98 valence electrons.